The third-order valence-electron chi connectivity index (χ3n) is 3.04. The Labute approximate surface area is 146 Å². The van der Waals surface area contributed by atoms with Crippen LogP contribution in [0.15, 0.2) is 78.9 Å². The number of nitrogens with zero attached hydrogens (tertiary/aromatic N) is 1. The van der Waals surface area contributed by atoms with Crippen molar-refractivity contribution >= 4 is 6.21 Å². The van der Waals surface area contributed by atoms with Gasteiger partial charge in [-0.1, -0.05) is 72.8 Å². The molecule has 0 aliphatic rings. The summed E-state index contributed by atoms with van der Waals surface area (Å²) in [5.74, 6) is 0.152. The Hall–Kier alpha value is -2.55. The molecule has 0 spiro atoms. The third-order valence-corrected chi connectivity index (χ3v) is 3.04. The van der Waals surface area contributed by atoms with Crippen molar-refractivity contribution in [3.8, 4) is 22.6 Å². The largest absolute Gasteiger partial charge is 2.00 e. The Morgan fingerprint density at radius 3 is 1.78 bits per heavy atom. The van der Waals surface area contributed by atoms with Crippen molar-refractivity contribution < 1.29 is 27.3 Å². The second kappa shape index (κ2) is 9.46. The number of aromatic hydroxyl groups is 1. The van der Waals surface area contributed by atoms with Crippen LogP contribution in [0.3, 0.4) is 0 Å². The summed E-state index contributed by atoms with van der Waals surface area (Å²) in [7, 11) is 0. The first-order chi connectivity index (χ1) is 10.7. The van der Waals surface area contributed by atoms with E-state index in [0.717, 1.165) is 17.3 Å². The molecule has 0 unspecified atom stereocenters. The fraction of sp³-hybridized carbons (Fsp3) is 0. The van der Waals surface area contributed by atoms with Crippen molar-refractivity contribution in [1.29, 1.82) is 0 Å². The summed E-state index contributed by atoms with van der Waals surface area (Å²) in [6.45, 7) is 0. The van der Waals surface area contributed by atoms with Crippen LogP contribution in [-0.2, 0) is 17.1 Å². The first-order valence-corrected chi connectivity index (χ1v) is 6.78. The minimum Gasteiger partial charge on any atom is -0.872 e. The number of rotatable bonds is 2. The minimum atomic E-state index is 0. The predicted octanol–water partition coefficient (Wildman–Crippen LogP) is 3.81. The van der Waals surface area contributed by atoms with Gasteiger partial charge in [0.2, 0.25) is 0 Å². The smallest absolute Gasteiger partial charge is 0.872 e. The molecule has 0 bridgehead atoms. The molecular formula is C19H15CuNO2. The van der Waals surface area contributed by atoms with E-state index < -0.39 is 0 Å². The van der Waals surface area contributed by atoms with Gasteiger partial charge in [0.05, 0.1) is 0 Å². The standard InChI is InChI=1S/C12H10O.C7H6NO.Cu/c13-12-8-6-11(7-9-12)10-4-2-1-3-5-10;8-5-6-3-1-2-4-7(6)9;/h1-9,13H;1-5,9H;/q;-1;+2/p-1. The molecule has 0 aromatic heterocycles. The molecule has 3 rings (SSSR count). The fourth-order valence-corrected chi connectivity index (χ4v) is 1.87. The van der Waals surface area contributed by atoms with Crippen LogP contribution in [-0.4, -0.2) is 11.3 Å². The maximum atomic E-state index is 10.9. The van der Waals surface area contributed by atoms with Crippen LogP contribution >= 0.6 is 0 Å². The fourth-order valence-electron chi connectivity index (χ4n) is 1.87. The zero-order valence-corrected chi connectivity index (χ0v) is 13.1. The average molecular weight is 353 g/mol. The molecular weight excluding hydrogens is 338 g/mol. The molecule has 0 aliphatic heterocycles. The van der Waals surface area contributed by atoms with Gasteiger partial charge >= 0.3 is 17.1 Å². The van der Waals surface area contributed by atoms with Crippen molar-refractivity contribution in [3.63, 3.8) is 0 Å². The summed E-state index contributed by atoms with van der Waals surface area (Å²) in [6.07, 6.45) is 0.870. The first-order valence-electron chi connectivity index (χ1n) is 6.78. The van der Waals surface area contributed by atoms with Gasteiger partial charge in [-0.25, -0.2) is 0 Å². The number of phenolic OH excluding ortho intramolecular Hbond substituents is 1. The number of hydrogen-bond donors (Lipinski definition) is 1. The molecule has 1 N–H and O–H groups in total. The molecule has 23 heavy (non-hydrogen) atoms. The summed E-state index contributed by atoms with van der Waals surface area (Å²) in [6, 6.07) is 23.4. The van der Waals surface area contributed by atoms with Crippen LogP contribution < -0.4 is 5.11 Å². The Kier molecular flexibility index (Phi) is 7.61. The van der Waals surface area contributed by atoms with Crippen molar-refractivity contribution in [1.82, 2.24) is 0 Å². The van der Waals surface area contributed by atoms with E-state index in [4.69, 9.17) is 10.5 Å². The number of phenols is 1. The number of hydrogen-bond acceptors (Lipinski definition) is 2. The third kappa shape index (κ3) is 5.62. The zero-order valence-electron chi connectivity index (χ0n) is 12.2. The van der Waals surface area contributed by atoms with E-state index in [1.807, 2.05) is 42.5 Å². The average Bonchev–Trinajstić information content (AvgIpc) is 2.57. The molecule has 0 saturated carbocycles. The molecule has 0 fully saturated rings. The van der Waals surface area contributed by atoms with E-state index in [9.17, 15) is 5.11 Å². The van der Waals surface area contributed by atoms with Gasteiger partial charge in [0.15, 0.2) is 0 Å². The van der Waals surface area contributed by atoms with Gasteiger partial charge in [-0.15, -0.1) is 5.75 Å². The summed E-state index contributed by atoms with van der Waals surface area (Å²) >= 11 is 0. The van der Waals surface area contributed by atoms with Crippen LogP contribution in [0.1, 0.15) is 5.56 Å². The SMILES string of the molecule is [Cu+2].[N-]=Cc1ccccc1O.[O-]c1ccc(-c2ccccc2)cc1. The van der Waals surface area contributed by atoms with E-state index >= 15 is 0 Å². The van der Waals surface area contributed by atoms with Gasteiger partial charge in [0.25, 0.3) is 0 Å². The van der Waals surface area contributed by atoms with E-state index in [1.165, 1.54) is 6.07 Å². The van der Waals surface area contributed by atoms with E-state index in [0.29, 0.717) is 5.56 Å². The summed E-state index contributed by atoms with van der Waals surface area (Å²) in [4.78, 5) is 0. The molecule has 4 heteroatoms. The second-order valence-electron chi connectivity index (χ2n) is 4.58. The van der Waals surface area contributed by atoms with Crippen molar-refractivity contribution in [2.45, 2.75) is 0 Å². The van der Waals surface area contributed by atoms with Gasteiger partial charge in [-0.3, -0.25) is 0 Å². The molecule has 3 nitrogen and oxygen atoms in total. The quantitative estimate of drug-likeness (QED) is 0.563. The maximum absolute atomic E-state index is 10.9. The van der Waals surface area contributed by atoms with Crippen molar-refractivity contribution in [2.75, 3.05) is 0 Å². The van der Waals surface area contributed by atoms with Gasteiger partial charge in [-0.05, 0) is 22.8 Å². The molecule has 0 amide bonds. The Balaban J connectivity index is 0.000000235. The Morgan fingerprint density at radius 2 is 1.26 bits per heavy atom. The van der Waals surface area contributed by atoms with E-state index in [-0.39, 0.29) is 28.6 Å². The molecule has 0 atom stereocenters. The number of benzene rings is 3. The maximum Gasteiger partial charge on any atom is 2.00 e. The molecule has 0 saturated heterocycles. The normalized spacial score (nSPS) is 9.04. The van der Waals surface area contributed by atoms with Gasteiger partial charge < -0.3 is 15.6 Å². The second-order valence-corrected chi connectivity index (χ2v) is 4.58. The molecule has 119 valence electrons. The van der Waals surface area contributed by atoms with Crippen LogP contribution in [0, 0.1) is 0 Å². The van der Waals surface area contributed by atoms with Crippen LogP contribution in [0.25, 0.3) is 16.5 Å². The van der Waals surface area contributed by atoms with Crippen LogP contribution in [0.4, 0.5) is 0 Å². The molecule has 0 heterocycles. The first kappa shape index (κ1) is 18.5. The van der Waals surface area contributed by atoms with Gasteiger partial charge in [0, 0.05) is 0 Å². The Morgan fingerprint density at radius 1 is 0.739 bits per heavy atom. The zero-order chi connectivity index (χ0) is 15.8. The molecule has 1 radical (unpaired) electrons. The summed E-state index contributed by atoms with van der Waals surface area (Å²) < 4.78 is 0. The predicted molar refractivity (Wildman–Crippen MR) is 88.0 cm³/mol. The summed E-state index contributed by atoms with van der Waals surface area (Å²) in [5, 5.41) is 28.2. The monoisotopic (exact) mass is 352 g/mol. The number of para-hydroxylation sites is 1. The summed E-state index contributed by atoms with van der Waals surface area (Å²) in [5.41, 5.74) is 2.67. The van der Waals surface area contributed by atoms with Crippen LogP contribution in [0.5, 0.6) is 11.5 Å². The van der Waals surface area contributed by atoms with E-state index in [2.05, 4.69) is 0 Å². The molecule has 3 aromatic rings. The van der Waals surface area contributed by atoms with Gasteiger partial charge in [-0.2, -0.15) is 6.21 Å². The van der Waals surface area contributed by atoms with E-state index in [1.54, 1.807) is 30.3 Å². The van der Waals surface area contributed by atoms with Gasteiger partial charge in [0.1, 0.15) is 5.75 Å². The Bertz CT molecular complexity index is 728. The molecule has 0 aliphatic carbocycles. The minimum absolute atomic E-state index is 0. The van der Waals surface area contributed by atoms with Crippen molar-refractivity contribution in [3.05, 3.63) is 89.8 Å². The topological polar surface area (TPSA) is 65.6 Å². The van der Waals surface area contributed by atoms with Crippen LogP contribution in [0.2, 0.25) is 0 Å². The van der Waals surface area contributed by atoms with Crippen molar-refractivity contribution in [2.24, 2.45) is 0 Å². The molecule has 3 aromatic carbocycles.